The summed E-state index contributed by atoms with van der Waals surface area (Å²) in [5.74, 6) is 0.736. The van der Waals surface area contributed by atoms with Gasteiger partial charge in [-0.25, -0.2) is 0 Å². The molecule has 2 aromatic rings. The maximum absolute atomic E-state index is 12.0. The zero-order valence-corrected chi connectivity index (χ0v) is 15.0. The predicted molar refractivity (Wildman–Crippen MR) is 101 cm³/mol. The van der Waals surface area contributed by atoms with Gasteiger partial charge in [-0.2, -0.15) is 0 Å². The van der Waals surface area contributed by atoms with Gasteiger partial charge in [0.2, 0.25) is 5.91 Å². The second-order valence-corrected chi connectivity index (χ2v) is 6.59. The third kappa shape index (κ3) is 5.34. The Morgan fingerprint density at radius 2 is 1.81 bits per heavy atom. The zero-order chi connectivity index (χ0) is 18.4. The van der Waals surface area contributed by atoms with Crippen LogP contribution in [-0.4, -0.2) is 24.5 Å². The number of aryl methyl sites for hydroxylation is 1. The summed E-state index contributed by atoms with van der Waals surface area (Å²) >= 11 is 0. The van der Waals surface area contributed by atoms with Crippen molar-refractivity contribution >= 4 is 17.5 Å². The number of benzene rings is 2. The lowest BCUT2D eigenvalue weighted by Gasteiger charge is -2.09. The predicted octanol–water partition coefficient (Wildman–Crippen LogP) is 3.68. The summed E-state index contributed by atoms with van der Waals surface area (Å²) in [7, 11) is 0. The second kappa shape index (κ2) is 8.52. The molecule has 2 amide bonds. The van der Waals surface area contributed by atoms with Gasteiger partial charge in [-0.15, -0.1) is 0 Å². The summed E-state index contributed by atoms with van der Waals surface area (Å²) in [5, 5.41) is 5.79. The number of nitrogens with one attached hydrogen (secondary N) is 2. The Bertz CT molecular complexity index is 767. The van der Waals surface area contributed by atoms with Gasteiger partial charge in [0.15, 0.2) is 0 Å². The van der Waals surface area contributed by atoms with Gasteiger partial charge < -0.3 is 15.4 Å². The van der Waals surface area contributed by atoms with Crippen LogP contribution >= 0.6 is 0 Å². The van der Waals surface area contributed by atoms with Crippen LogP contribution in [0.25, 0.3) is 0 Å². The summed E-state index contributed by atoms with van der Waals surface area (Å²) in [6.45, 7) is 2.50. The fraction of sp³-hybridized carbons (Fsp3) is 0.333. The van der Waals surface area contributed by atoms with Crippen molar-refractivity contribution in [3.05, 3.63) is 59.7 Å². The maximum Gasteiger partial charge on any atom is 0.251 e. The Morgan fingerprint density at radius 1 is 1.08 bits per heavy atom. The molecule has 1 saturated carbocycles. The second-order valence-electron chi connectivity index (χ2n) is 6.59. The van der Waals surface area contributed by atoms with Crippen molar-refractivity contribution < 1.29 is 14.3 Å². The highest BCUT2D eigenvalue weighted by atomic mass is 16.5. The molecular formula is C21H24N2O3. The van der Waals surface area contributed by atoms with Crippen LogP contribution < -0.4 is 15.4 Å². The first-order chi connectivity index (χ1) is 12.6. The standard InChI is InChI=1S/C21H24N2O3/c1-15-5-2-3-6-19(15)26-14-4-7-20(24)22-17-10-8-16(9-11-17)21(25)23-18-12-13-18/h2-3,5-6,8-11,18H,4,7,12-14H2,1H3,(H,22,24)(H,23,25). The summed E-state index contributed by atoms with van der Waals surface area (Å²) < 4.78 is 5.69. The van der Waals surface area contributed by atoms with E-state index < -0.39 is 0 Å². The number of anilines is 1. The van der Waals surface area contributed by atoms with Gasteiger partial charge in [-0.05, 0) is 62.1 Å². The van der Waals surface area contributed by atoms with Gasteiger partial charge in [0.25, 0.3) is 5.91 Å². The van der Waals surface area contributed by atoms with Gasteiger partial charge in [0, 0.05) is 23.7 Å². The molecule has 26 heavy (non-hydrogen) atoms. The van der Waals surface area contributed by atoms with E-state index in [2.05, 4.69) is 10.6 Å². The Hall–Kier alpha value is -2.82. The summed E-state index contributed by atoms with van der Waals surface area (Å²) in [6.07, 6.45) is 3.15. The molecule has 2 N–H and O–H groups in total. The molecule has 0 spiro atoms. The molecule has 3 rings (SSSR count). The van der Waals surface area contributed by atoms with E-state index in [9.17, 15) is 9.59 Å². The number of para-hydroxylation sites is 1. The molecule has 2 aromatic carbocycles. The molecule has 0 saturated heterocycles. The van der Waals surface area contributed by atoms with Crippen LogP contribution in [0.5, 0.6) is 5.75 Å². The number of hydrogen-bond donors (Lipinski definition) is 2. The first-order valence-electron chi connectivity index (χ1n) is 9.01. The van der Waals surface area contributed by atoms with E-state index in [1.807, 2.05) is 31.2 Å². The van der Waals surface area contributed by atoms with Crippen molar-refractivity contribution in [1.29, 1.82) is 0 Å². The van der Waals surface area contributed by atoms with Crippen LogP contribution in [-0.2, 0) is 4.79 Å². The van der Waals surface area contributed by atoms with Crippen molar-refractivity contribution in [2.75, 3.05) is 11.9 Å². The molecular weight excluding hydrogens is 328 g/mol. The molecule has 1 aliphatic rings. The first-order valence-corrected chi connectivity index (χ1v) is 9.01. The molecule has 0 aliphatic heterocycles. The Kier molecular flexibility index (Phi) is 5.89. The zero-order valence-electron chi connectivity index (χ0n) is 15.0. The van der Waals surface area contributed by atoms with E-state index in [-0.39, 0.29) is 11.8 Å². The fourth-order valence-electron chi connectivity index (χ4n) is 2.56. The number of ether oxygens (including phenoxy) is 1. The quantitative estimate of drug-likeness (QED) is 0.712. The van der Waals surface area contributed by atoms with Gasteiger partial charge >= 0.3 is 0 Å². The van der Waals surface area contributed by atoms with Crippen LogP contribution in [0, 0.1) is 6.92 Å². The van der Waals surface area contributed by atoms with E-state index in [0.29, 0.717) is 36.7 Å². The number of carbonyl (C=O) groups is 2. The smallest absolute Gasteiger partial charge is 0.251 e. The average Bonchev–Trinajstić information content (AvgIpc) is 3.44. The summed E-state index contributed by atoms with van der Waals surface area (Å²) in [6, 6.07) is 15.1. The highest BCUT2D eigenvalue weighted by Crippen LogP contribution is 2.20. The Balaban J connectivity index is 1.38. The van der Waals surface area contributed by atoms with Crippen LogP contribution in [0.4, 0.5) is 5.69 Å². The highest BCUT2D eigenvalue weighted by Gasteiger charge is 2.23. The third-order valence-corrected chi connectivity index (χ3v) is 4.24. The topological polar surface area (TPSA) is 67.4 Å². The van der Waals surface area contributed by atoms with Gasteiger partial charge in [0.1, 0.15) is 5.75 Å². The summed E-state index contributed by atoms with van der Waals surface area (Å²) in [5.41, 5.74) is 2.39. The number of carbonyl (C=O) groups excluding carboxylic acids is 2. The number of hydrogen-bond acceptors (Lipinski definition) is 3. The minimum atomic E-state index is -0.0615. The van der Waals surface area contributed by atoms with E-state index in [1.54, 1.807) is 24.3 Å². The minimum Gasteiger partial charge on any atom is -0.493 e. The number of amides is 2. The molecule has 1 fully saturated rings. The molecule has 5 nitrogen and oxygen atoms in total. The maximum atomic E-state index is 12.0. The van der Waals surface area contributed by atoms with Gasteiger partial charge in [-0.3, -0.25) is 9.59 Å². The van der Waals surface area contributed by atoms with Gasteiger partial charge in [-0.1, -0.05) is 18.2 Å². The molecule has 136 valence electrons. The molecule has 5 heteroatoms. The van der Waals surface area contributed by atoms with Crippen LogP contribution in [0.3, 0.4) is 0 Å². The monoisotopic (exact) mass is 352 g/mol. The lowest BCUT2D eigenvalue weighted by molar-refractivity contribution is -0.116. The largest absolute Gasteiger partial charge is 0.493 e. The van der Waals surface area contributed by atoms with Crippen molar-refractivity contribution in [2.24, 2.45) is 0 Å². The third-order valence-electron chi connectivity index (χ3n) is 4.24. The minimum absolute atomic E-state index is 0.0567. The molecule has 0 bridgehead atoms. The lowest BCUT2D eigenvalue weighted by atomic mass is 10.2. The molecule has 0 heterocycles. The van der Waals surface area contributed by atoms with E-state index in [1.165, 1.54) is 0 Å². The highest BCUT2D eigenvalue weighted by molar-refractivity contribution is 5.96. The van der Waals surface area contributed by atoms with Crippen molar-refractivity contribution in [3.63, 3.8) is 0 Å². The summed E-state index contributed by atoms with van der Waals surface area (Å²) in [4.78, 5) is 23.9. The molecule has 0 radical (unpaired) electrons. The normalized spacial score (nSPS) is 13.1. The van der Waals surface area contributed by atoms with Crippen molar-refractivity contribution in [2.45, 2.75) is 38.6 Å². The Morgan fingerprint density at radius 3 is 2.50 bits per heavy atom. The Labute approximate surface area is 153 Å². The average molecular weight is 352 g/mol. The molecule has 1 aliphatic carbocycles. The SMILES string of the molecule is Cc1ccccc1OCCCC(=O)Nc1ccc(C(=O)NC2CC2)cc1. The molecule has 0 aromatic heterocycles. The molecule has 0 atom stereocenters. The van der Waals surface area contributed by atoms with Crippen LogP contribution in [0.2, 0.25) is 0 Å². The fourth-order valence-corrected chi connectivity index (χ4v) is 2.56. The van der Waals surface area contributed by atoms with E-state index in [4.69, 9.17) is 4.74 Å². The van der Waals surface area contributed by atoms with Crippen molar-refractivity contribution in [3.8, 4) is 5.75 Å². The lowest BCUT2D eigenvalue weighted by Crippen LogP contribution is -2.25. The first kappa shape index (κ1) is 18.0. The van der Waals surface area contributed by atoms with Crippen LogP contribution in [0.15, 0.2) is 48.5 Å². The van der Waals surface area contributed by atoms with E-state index >= 15 is 0 Å². The van der Waals surface area contributed by atoms with E-state index in [0.717, 1.165) is 24.2 Å². The van der Waals surface area contributed by atoms with Crippen LogP contribution in [0.1, 0.15) is 41.6 Å². The van der Waals surface area contributed by atoms with Gasteiger partial charge in [0.05, 0.1) is 6.61 Å². The molecule has 0 unspecified atom stereocenters. The number of rotatable bonds is 8. The van der Waals surface area contributed by atoms with Crippen molar-refractivity contribution in [1.82, 2.24) is 5.32 Å².